The zero-order chi connectivity index (χ0) is 14.7. The minimum absolute atomic E-state index is 0.153. The number of hydrogen-bond acceptors (Lipinski definition) is 4. The Kier molecular flexibility index (Phi) is 4.39. The lowest BCUT2D eigenvalue weighted by Crippen LogP contribution is -2.31. The first-order chi connectivity index (χ1) is 9.52. The number of aryl methyl sites for hydroxylation is 2. The SMILES string of the molecule is CCn1nc(C)c(NC(=O)N(C)Cc2cscn2)c1C. The van der Waals surface area contributed by atoms with Crippen molar-refractivity contribution in [2.24, 2.45) is 0 Å². The lowest BCUT2D eigenvalue weighted by atomic mass is 10.3. The average molecular weight is 293 g/mol. The molecular weight excluding hydrogens is 274 g/mol. The van der Waals surface area contributed by atoms with E-state index in [4.69, 9.17) is 0 Å². The third-order valence-corrected chi connectivity index (χ3v) is 3.78. The molecule has 1 N–H and O–H groups in total. The first-order valence-electron chi connectivity index (χ1n) is 6.46. The van der Waals surface area contributed by atoms with E-state index in [0.29, 0.717) is 6.54 Å². The summed E-state index contributed by atoms with van der Waals surface area (Å²) in [4.78, 5) is 18.0. The number of hydrogen-bond donors (Lipinski definition) is 1. The number of anilines is 1. The third-order valence-electron chi connectivity index (χ3n) is 3.14. The van der Waals surface area contributed by atoms with Crippen molar-refractivity contribution in [2.45, 2.75) is 33.9 Å². The molecule has 6 nitrogen and oxygen atoms in total. The Labute approximate surface area is 122 Å². The van der Waals surface area contributed by atoms with E-state index < -0.39 is 0 Å². The zero-order valence-electron chi connectivity index (χ0n) is 12.2. The Hall–Kier alpha value is -1.89. The second-order valence-electron chi connectivity index (χ2n) is 4.63. The zero-order valence-corrected chi connectivity index (χ0v) is 13.0. The molecule has 2 amide bonds. The number of carbonyl (C=O) groups is 1. The summed E-state index contributed by atoms with van der Waals surface area (Å²) in [5, 5.41) is 9.25. The van der Waals surface area contributed by atoms with Crippen LogP contribution in [0.4, 0.5) is 10.5 Å². The molecule has 0 aliphatic rings. The molecule has 0 bridgehead atoms. The minimum Gasteiger partial charge on any atom is -0.322 e. The molecule has 0 radical (unpaired) electrons. The Bertz CT molecular complexity index is 590. The fourth-order valence-electron chi connectivity index (χ4n) is 2.02. The van der Waals surface area contributed by atoms with Crippen LogP contribution in [-0.4, -0.2) is 32.7 Å². The lowest BCUT2D eigenvalue weighted by Gasteiger charge is -2.17. The Morgan fingerprint density at radius 1 is 1.50 bits per heavy atom. The van der Waals surface area contributed by atoms with Gasteiger partial charge in [0.15, 0.2) is 0 Å². The van der Waals surface area contributed by atoms with Gasteiger partial charge in [-0.15, -0.1) is 11.3 Å². The van der Waals surface area contributed by atoms with Crippen molar-refractivity contribution in [3.8, 4) is 0 Å². The summed E-state index contributed by atoms with van der Waals surface area (Å²) in [5.41, 5.74) is 5.26. The smallest absolute Gasteiger partial charge is 0.322 e. The molecule has 0 fully saturated rings. The summed E-state index contributed by atoms with van der Waals surface area (Å²) >= 11 is 1.53. The van der Waals surface area contributed by atoms with Crippen LogP contribution >= 0.6 is 11.3 Å². The summed E-state index contributed by atoms with van der Waals surface area (Å²) in [5.74, 6) is 0. The molecule has 0 unspecified atom stereocenters. The van der Waals surface area contributed by atoms with Gasteiger partial charge in [-0.2, -0.15) is 5.10 Å². The molecule has 2 aromatic heterocycles. The quantitative estimate of drug-likeness (QED) is 0.942. The van der Waals surface area contributed by atoms with Crippen LogP contribution in [0.1, 0.15) is 24.0 Å². The standard InChI is InChI=1S/C13H19N5OS/c1-5-18-10(3)12(9(2)16-18)15-13(19)17(4)6-11-7-20-8-14-11/h7-8H,5-6H2,1-4H3,(H,15,19). The first-order valence-corrected chi connectivity index (χ1v) is 7.40. The molecule has 2 aromatic rings. The second kappa shape index (κ2) is 6.04. The van der Waals surface area contributed by atoms with E-state index in [0.717, 1.165) is 29.3 Å². The lowest BCUT2D eigenvalue weighted by molar-refractivity contribution is 0.220. The second-order valence-corrected chi connectivity index (χ2v) is 5.35. The summed E-state index contributed by atoms with van der Waals surface area (Å²) in [7, 11) is 1.75. The van der Waals surface area contributed by atoms with Crippen molar-refractivity contribution in [3.05, 3.63) is 28.0 Å². The number of rotatable bonds is 4. The monoisotopic (exact) mass is 293 g/mol. The molecule has 2 rings (SSSR count). The van der Waals surface area contributed by atoms with E-state index in [-0.39, 0.29) is 6.03 Å². The summed E-state index contributed by atoms with van der Waals surface area (Å²) in [6.45, 7) is 7.17. The van der Waals surface area contributed by atoms with Gasteiger partial charge in [0.05, 0.1) is 34.8 Å². The van der Waals surface area contributed by atoms with Crippen molar-refractivity contribution >= 4 is 23.1 Å². The van der Waals surface area contributed by atoms with Crippen LogP contribution < -0.4 is 5.32 Å². The van der Waals surface area contributed by atoms with Gasteiger partial charge in [0.2, 0.25) is 0 Å². The van der Waals surface area contributed by atoms with Crippen LogP contribution in [0.5, 0.6) is 0 Å². The van der Waals surface area contributed by atoms with Crippen LogP contribution in [0.15, 0.2) is 10.9 Å². The van der Waals surface area contributed by atoms with E-state index in [1.54, 1.807) is 17.5 Å². The summed E-state index contributed by atoms with van der Waals surface area (Å²) in [6.07, 6.45) is 0. The Morgan fingerprint density at radius 2 is 2.25 bits per heavy atom. The molecule has 0 aromatic carbocycles. The predicted octanol–water partition coefficient (Wildman–Crippen LogP) is 2.64. The van der Waals surface area contributed by atoms with E-state index in [1.807, 2.05) is 30.8 Å². The van der Waals surface area contributed by atoms with Gasteiger partial charge < -0.3 is 10.2 Å². The van der Waals surface area contributed by atoms with Gasteiger partial charge in [-0.3, -0.25) is 4.68 Å². The fourth-order valence-corrected chi connectivity index (χ4v) is 2.57. The highest BCUT2D eigenvalue weighted by Crippen LogP contribution is 2.19. The molecule has 7 heteroatoms. The number of aromatic nitrogens is 3. The molecule has 0 saturated carbocycles. The highest BCUT2D eigenvalue weighted by atomic mass is 32.1. The normalized spacial score (nSPS) is 10.6. The molecule has 108 valence electrons. The van der Waals surface area contributed by atoms with Crippen molar-refractivity contribution in [3.63, 3.8) is 0 Å². The molecule has 0 aliphatic carbocycles. The van der Waals surface area contributed by atoms with Crippen molar-refractivity contribution in [2.75, 3.05) is 12.4 Å². The maximum Gasteiger partial charge on any atom is 0.322 e. The van der Waals surface area contributed by atoms with Gasteiger partial charge in [-0.25, -0.2) is 9.78 Å². The highest BCUT2D eigenvalue weighted by Gasteiger charge is 2.16. The van der Waals surface area contributed by atoms with Gasteiger partial charge in [0.1, 0.15) is 0 Å². The fraction of sp³-hybridized carbons (Fsp3) is 0.462. The molecule has 0 saturated heterocycles. The Morgan fingerprint density at radius 3 is 2.80 bits per heavy atom. The number of carbonyl (C=O) groups excluding carboxylic acids is 1. The average Bonchev–Trinajstić information content (AvgIpc) is 3.01. The molecule has 2 heterocycles. The van der Waals surface area contributed by atoms with Gasteiger partial charge in [-0.05, 0) is 20.8 Å². The van der Waals surface area contributed by atoms with E-state index in [9.17, 15) is 4.79 Å². The topological polar surface area (TPSA) is 63.1 Å². The van der Waals surface area contributed by atoms with Gasteiger partial charge >= 0.3 is 6.03 Å². The van der Waals surface area contributed by atoms with Crippen LogP contribution in [0.2, 0.25) is 0 Å². The van der Waals surface area contributed by atoms with Gasteiger partial charge in [-0.1, -0.05) is 0 Å². The van der Waals surface area contributed by atoms with Crippen molar-refractivity contribution in [1.29, 1.82) is 0 Å². The Balaban J connectivity index is 2.06. The van der Waals surface area contributed by atoms with E-state index >= 15 is 0 Å². The minimum atomic E-state index is -0.153. The highest BCUT2D eigenvalue weighted by molar-refractivity contribution is 7.07. The number of thiazole rings is 1. The van der Waals surface area contributed by atoms with Gasteiger partial charge in [0, 0.05) is 19.0 Å². The summed E-state index contributed by atoms with van der Waals surface area (Å²) in [6, 6.07) is -0.153. The molecule has 0 spiro atoms. The number of urea groups is 1. The van der Waals surface area contributed by atoms with Crippen molar-refractivity contribution in [1.82, 2.24) is 19.7 Å². The molecule has 0 aliphatic heterocycles. The largest absolute Gasteiger partial charge is 0.322 e. The van der Waals surface area contributed by atoms with Crippen LogP contribution in [0.3, 0.4) is 0 Å². The van der Waals surface area contributed by atoms with E-state index in [1.165, 1.54) is 11.3 Å². The number of nitrogens with zero attached hydrogens (tertiary/aromatic N) is 4. The third kappa shape index (κ3) is 2.98. The van der Waals surface area contributed by atoms with Crippen LogP contribution in [0, 0.1) is 13.8 Å². The first kappa shape index (κ1) is 14.5. The van der Waals surface area contributed by atoms with Crippen LogP contribution in [0.25, 0.3) is 0 Å². The van der Waals surface area contributed by atoms with E-state index in [2.05, 4.69) is 15.4 Å². The predicted molar refractivity (Wildman–Crippen MR) is 80.0 cm³/mol. The molecule has 0 atom stereocenters. The summed E-state index contributed by atoms with van der Waals surface area (Å²) < 4.78 is 1.88. The number of nitrogens with one attached hydrogen (secondary N) is 1. The van der Waals surface area contributed by atoms with Crippen molar-refractivity contribution < 1.29 is 4.79 Å². The van der Waals surface area contributed by atoms with Crippen LogP contribution in [-0.2, 0) is 13.1 Å². The molecule has 20 heavy (non-hydrogen) atoms. The molecular formula is C13H19N5OS. The van der Waals surface area contributed by atoms with Gasteiger partial charge in [0.25, 0.3) is 0 Å². The maximum atomic E-state index is 12.2. The number of amides is 2. The maximum absolute atomic E-state index is 12.2.